The van der Waals surface area contributed by atoms with Crippen LogP contribution in [0.15, 0.2) is 30.6 Å². The second kappa shape index (κ2) is 10.2. The number of hydrogen-bond acceptors (Lipinski definition) is 5. The molecular formula is C25H34N4OS. The standard InChI is InChI=1S/C25H34N4OS/c1-16(2)13-29(14-17(3)4)21(30)11-12-26-24-23-22(20-9-7-18(5)8-10-20)19(6)31-25(23)28-15-27-24/h7-10,15-17H,11-14H2,1-6H3,(H,26,27,28). The van der Waals surface area contributed by atoms with E-state index in [2.05, 4.69) is 81.1 Å². The summed E-state index contributed by atoms with van der Waals surface area (Å²) in [5.74, 6) is 1.92. The molecule has 1 N–H and O–H groups in total. The van der Waals surface area contributed by atoms with Gasteiger partial charge in [-0.3, -0.25) is 4.79 Å². The first kappa shape index (κ1) is 23.2. The van der Waals surface area contributed by atoms with Crippen LogP contribution >= 0.6 is 11.3 Å². The summed E-state index contributed by atoms with van der Waals surface area (Å²) in [6.45, 7) is 15.0. The van der Waals surface area contributed by atoms with Crippen molar-refractivity contribution in [1.29, 1.82) is 0 Å². The lowest BCUT2D eigenvalue weighted by molar-refractivity contribution is -0.132. The molecule has 1 aromatic carbocycles. The number of carbonyl (C=O) groups excluding carboxylic acids is 1. The lowest BCUT2D eigenvalue weighted by atomic mass is 10.0. The van der Waals surface area contributed by atoms with E-state index in [9.17, 15) is 4.79 Å². The fraction of sp³-hybridized carbons (Fsp3) is 0.480. The second-order valence-electron chi connectivity index (χ2n) is 9.06. The number of thiophene rings is 1. The van der Waals surface area contributed by atoms with Crippen LogP contribution in [0.3, 0.4) is 0 Å². The van der Waals surface area contributed by atoms with Crippen molar-refractivity contribution in [2.45, 2.75) is 48.0 Å². The maximum absolute atomic E-state index is 12.8. The third-order valence-corrected chi connectivity index (χ3v) is 6.17. The van der Waals surface area contributed by atoms with Crippen LogP contribution in [-0.2, 0) is 4.79 Å². The molecule has 0 atom stereocenters. The zero-order valence-corrected chi connectivity index (χ0v) is 20.3. The maximum Gasteiger partial charge on any atom is 0.224 e. The van der Waals surface area contributed by atoms with Crippen LogP contribution < -0.4 is 5.32 Å². The fourth-order valence-electron chi connectivity index (χ4n) is 3.85. The maximum atomic E-state index is 12.8. The first-order chi connectivity index (χ1) is 14.8. The van der Waals surface area contributed by atoms with Crippen LogP contribution in [0.4, 0.5) is 5.82 Å². The highest BCUT2D eigenvalue weighted by Gasteiger charge is 2.18. The Morgan fingerprint density at radius 2 is 1.68 bits per heavy atom. The lowest BCUT2D eigenvalue weighted by Crippen LogP contribution is -2.37. The monoisotopic (exact) mass is 438 g/mol. The van der Waals surface area contributed by atoms with Gasteiger partial charge in [-0.15, -0.1) is 11.3 Å². The summed E-state index contributed by atoms with van der Waals surface area (Å²) in [7, 11) is 0. The molecule has 2 heterocycles. The average Bonchev–Trinajstić information content (AvgIpc) is 3.04. The number of nitrogens with zero attached hydrogens (tertiary/aromatic N) is 3. The van der Waals surface area contributed by atoms with Gasteiger partial charge in [-0.1, -0.05) is 57.5 Å². The summed E-state index contributed by atoms with van der Waals surface area (Å²) in [5, 5.41) is 4.47. The highest BCUT2D eigenvalue weighted by atomic mass is 32.1. The molecule has 166 valence electrons. The van der Waals surface area contributed by atoms with E-state index >= 15 is 0 Å². The number of fused-ring (bicyclic) bond motifs is 1. The van der Waals surface area contributed by atoms with Gasteiger partial charge in [0.25, 0.3) is 0 Å². The summed E-state index contributed by atoms with van der Waals surface area (Å²) < 4.78 is 0. The second-order valence-corrected chi connectivity index (χ2v) is 10.3. The molecule has 31 heavy (non-hydrogen) atoms. The van der Waals surface area contributed by atoms with E-state index in [4.69, 9.17) is 0 Å². The molecule has 3 rings (SSSR count). The van der Waals surface area contributed by atoms with Gasteiger partial charge in [0.2, 0.25) is 5.91 Å². The summed E-state index contributed by atoms with van der Waals surface area (Å²) >= 11 is 1.68. The minimum atomic E-state index is 0.195. The van der Waals surface area contributed by atoms with Crippen LogP contribution in [0.5, 0.6) is 0 Å². The molecule has 0 spiro atoms. The SMILES string of the molecule is Cc1ccc(-c2c(C)sc3ncnc(NCCC(=O)N(CC(C)C)CC(C)C)c23)cc1. The largest absolute Gasteiger partial charge is 0.369 e. The molecule has 0 radical (unpaired) electrons. The smallest absolute Gasteiger partial charge is 0.224 e. The number of benzene rings is 1. The number of amides is 1. The van der Waals surface area contributed by atoms with Gasteiger partial charge in [0.15, 0.2) is 0 Å². The average molecular weight is 439 g/mol. The summed E-state index contributed by atoms with van der Waals surface area (Å²) in [5.41, 5.74) is 3.58. The van der Waals surface area contributed by atoms with Gasteiger partial charge in [-0.2, -0.15) is 0 Å². The lowest BCUT2D eigenvalue weighted by Gasteiger charge is -2.26. The van der Waals surface area contributed by atoms with Gasteiger partial charge in [0, 0.05) is 36.5 Å². The number of aromatic nitrogens is 2. The molecule has 6 heteroatoms. The van der Waals surface area contributed by atoms with E-state index < -0.39 is 0 Å². The van der Waals surface area contributed by atoms with E-state index in [-0.39, 0.29) is 5.91 Å². The Kier molecular flexibility index (Phi) is 7.65. The molecule has 0 fully saturated rings. The Bertz CT molecular complexity index is 1010. The molecule has 0 saturated carbocycles. The molecule has 3 aromatic rings. The first-order valence-corrected chi connectivity index (χ1v) is 11.9. The Labute approximate surface area is 189 Å². The van der Waals surface area contributed by atoms with Crippen molar-refractivity contribution in [2.24, 2.45) is 11.8 Å². The highest BCUT2D eigenvalue weighted by molar-refractivity contribution is 7.19. The van der Waals surface area contributed by atoms with E-state index in [1.165, 1.54) is 21.6 Å². The molecule has 2 aromatic heterocycles. The molecule has 0 aliphatic rings. The van der Waals surface area contributed by atoms with Crippen molar-refractivity contribution < 1.29 is 4.79 Å². The van der Waals surface area contributed by atoms with Gasteiger partial charge in [-0.05, 0) is 31.2 Å². The van der Waals surface area contributed by atoms with E-state index in [1.807, 2.05) is 4.90 Å². The highest BCUT2D eigenvalue weighted by Crippen LogP contribution is 2.40. The summed E-state index contributed by atoms with van der Waals surface area (Å²) in [6.07, 6.45) is 2.05. The molecular weight excluding hydrogens is 404 g/mol. The predicted octanol–water partition coefficient (Wildman–Crippen LogP) is 5.92. The van der Waals surface area contributed by atoms with Crippen molar-refractivity contribution in [3.63, 3.8) is 0 Å². The molecule has 1 amide bonds. The molecule has 0 aliphatic carbocycles. The van der Waals surface area contributed by atoms with Crippen molar-refractivity contribution in [3.05, 3.63) is 41.0 Å². The van der Waals surface area contributed by atoms with Gasteiger partial charge in [0.05, 0.1) is 5.39 Å². The van der Waals surface area contributed by atoms with Gasteiger partial charge in [0.1, 0.15) is 17.0 Å². The number of carbonyl (C=O) groups is 1. The van der Waals surface area contributed by atoms with Crippen LogP contribution in [0, 0.1) is 25.7 Å². The molecule has 5 nitrogen and oxygen atoms in total. The number of nitrogens with one attached hydrogen (secondary N) is 1. The topological polar surface area (TPSA) is 58.1 Å². The van der Waals surface area contributed by atoms with Gasteiger partial charge < -0.3 is 10.2 Å². The zero-order valence-electron chi connectivity index (χ0n) is 19.5. The summed E-state index contributed by atoms with van der Waals surface area (Å²) in [6, 6.07) is 8.57. The Morgan fingerprint density at radius 3 is 2.29 bits per heavy atom. The Balaban J connectivity index is 1.79. The van der Waals surface area contributed by atoms with Crippen molar-refractivity contribution in [3.8, 4) is 11.1 Å². The number of anilines is 1. The zero-order chi connectivity index (χ0) is 22.5. The Hall–Kier alpha value is -2.47. The predicted molar refractivity (Wildman–Crippen MR) is 132 cm³/mol. The first-order valence-electron chi connectivity index (χ1n) is 11.1. The van der Waals surface area contributed by atoms with E-state index in [0.717, 1.165) is 29.1 Å². The van der Waals surface area contributed by atoms with Crippen LogP contribution in [0.25, 0.3) is 21.3 Å². The van der Waals surface area contributed by atoms with E-state index in [1.54, 1.807) is 17.7 Å². The Morgan fingerprint density at radius 1 is 1.03 bits per heavy atom. The van der Waals surface area contributed by atoms with Gasteiger partial charge in [-0.25, -0.2) is 9.97 Å². The normalized spacial score (nSPS) is 11.5. The molecule has 0 unspecified atom stereocenters. The molecule has 0 aliphatic heterocycles. The minimum absolute atomic E-state index is 0.195. The number of aryl methyl sites for hydroxylation is 2. The van der Waals surface area contributed by atoms with Gasteiger partial charge >= 0.3 is 0 Å². The summed E-state index contributed by atoms with van der Waals surface area (Å²) in [4.78, 5) is 26.1. The third kappa shape index (κ3) is 5.82. The van der Waals surface area contributed by atoms with E-state index in [0.29, 0.717) is 24.8 Å². The molecule has 0 saturated heterocycles. The fourth-order valence-corrected chi connectivity index (χ4v) is 4.86. The minimum Gasteiger partial charge on any atom is -0.369 e. The quantitative estimate of drug-likeness (QED) is 0.451. The van der Waals surface area contributed by atoms with Crippen LogP contribution in [-0.4, -0.2) is 40.4 Å². The number of hydrogen-bond donors (Lipinski definition) is 1. The van der Waals surface area contributed by atoms with Crippen LogP contribution in [0.1, 0.15) is 44.6 Å². The third-order valence-electron chi connectivity index (χ3n) is 5.16. The van der Waals surface area contributed by atoms with Crippen molar-refractivity contribution in [1.82, 2.24) is 14.9 Å². The molecule has 0 bridgehead atoms. The van der Waals surface area contributed by atoms with Crippen molar-refractivity contribution in [2.75, 3.05) is 25.0 Å². The number of rotatable bonds is 9. The van der Waals surface area contributed by atoms with Crippen molar-refractivity contribution >= 4 is 33.3 Å². The van der Waals surface area contributed by atoms with Crippen LogP contribution in [0.2, 0.25) is 0 Å².